The number of hydrogen-bond donors (Lipinski definition) is 1. The van der Waals surface area contributed by atoms with E-state index in [1.165, 1.54) is 0 Å². The fourth-order valence-electron chi connectivity index (χ4n) is 1.01. The maximum atomic E-state index is 10.7. The van der Waals surface area contributed by atoms with E-state index in [2.05, 4.69) is 15.7 Å². The second-order valence-corrected chi connectivity index (χ2v) is 2.59. The van der Waals surface area contributed by atoms with Crippen molar-refractivity contribution in [3.05, 3.63) is 17.5 Å². The lowest BCUT2D eigenvalue weighted by Crippen LogP contribution is -2.09. The molecular formula is C7H7N3O2. The van der Waals surface area contributed by atoms with Crippen molar-refractivity contribution in [2.45, 2.75) is 13.3 Å². The van der Waals surface area contributed by atoms with E-state index >= 15 is 0 Å². The van der Waals surface area contributed by atoms with E-state index in [4.69, 9.17) is 4.52 Å². The first kappa shape index (κ1) is 7.02. The average Bonchev–Trinajstić information content (AvgIpc) is 2.58. The first-order valence-corrected chi connectivity index (χ1v) is 3.55. The molecule has 0 radical (unpaired) electrons. The topological polar surface area (TPSA) is 67.5 Å². The van der Waals surface area contributed by atoms with Crippen LogP contribution in [0.2, 0.25) is 0 Å². The predicted molar refractivity (Wildman–Crippen MR) is 40.5 cm³/mol. The largest absolute Gasteiger partial charge is 0.361 e. The summed E-state index contributed by atoms with van der Waals surface area (Å²) in [5.41, 5.74) is 3.61. The molecular weight excluding hydrogens is 158 g/mol. The van der Waals surface area contributed by atoms with E-state index in [0.29, 0.717) is 17.2 Å². The van der Waals surface area contributed by atoms with Crippen molar-refractivity contribution < 1.29 is 9.32 Å². The molecule has 1 aromatic heterocycles. The summed E-state index contributed by atoms with van der Waals surface area (Å²) in [4.78, 5) is 10.7. The molecule has 0 aromatic carbocycles. The van der Waals surface area contributed by atoms with Crippen LogP contribution in [0.25, 0.3) is 0 Å². The number of aromatic nitrogens is 1. The minimum atomic E-state index is -0.106. The van der Waals surface area contributed by atoms with Gasteiger partial charge in [0.15, 0.2) is 0 Å². The molecule has 2 rings (SSSR count). The Kier molecular flexibility index (Phi) is 1.43. The highest BCUT2D eigenvalue weighted by Gasteiger charge is 2.18. The molecule has 0 saturated heterocycles. The van der Waals surface area contributed by atoms with Gasteiger partial charge in [-0.2, -0.15) is 5.10 Å². The standard InChI is InChI=1S/C7H7N3O2/c1-4-2-6(10-12-4)5-3-7(11)9-8-5/h2H,3H2,1H3,(H,9,11). The lowest BCUT2D eigenvalue weighted by molar-refractivity contribution is -0.119. The summed E-state index contributed by atoms with van der Waals surface area (Å²) < 4.78 is 4.84. The summed E-state index contributed by atoms with van der Waals surface area (Å²) >= 11 is 0. The highest BCUT2D eigenvalue weighted by atomic mass is 16.5. The lowest BCUT2D eigenvalue weighted by atomic mass is 10.2. The molecule has 1 aliphatic heterocycles. The van der Waals surface area contributed by atoms with E-state index in [0.717, 1.165) is 0 Å². The smallest absolute Gasteiger partial charge is 0.246 e. The number of hydrazone groups is 1. The van der Waals surface area contributed by atoms with Gasteiger partial charge < -0.3 is 4.52 Å². The Hall–Kier alpha value is -1.65. The van der Waals surface area contributed by atoms with Gasteiger partial charge in [-0.15, -0.1) is 0 Å². The number of nitrogens with zero attached hydrogens (tertiary/aromatic N) is 2. The molecule has 12 heavy (non-hydrogen) atoms. The SMILES string of the molecule is Cc1cc(C2=NNC(=O)C2)no1. The van der Waals surface area contributed by atoms with Crippen molar-refractivity contribution >= 4 is 11.6 Å². The van der Waals surface area contributed by atoms with Gasteiger partial charge >= 0.3 is 0 Å². The lowest BCUT2D eigenvalue weighted by Gasteiger charge is -1.85. The third-order valence-electron chi connectivity index (χ3n) is 1.57. The van der Waals surface area contributed by atoms with Gasteiger partial charge in [-0.1, -0.05) is 5.16 Å². The predicted octanol–water partition coefficient (Wildman–Crippen LogP) is 0.207. The Balaban J connectivity index is 2.27. The molecule has 62 valence electrons. The van der Waals surface area contributed by atoms with Gasteiger partial charge in [0.25, 0.3) is 0 Å². The van der Waals surface area contributed by atoms with Crippen LogP contribution in [0.3, 0.4) is 0 Å². The van der Waals surface area contributed by atoms with Crippen molar-refractivity contribution in [2.75, 3.05) is 0 Å². The van der Waals surface area contributed by atoms with E-state index < -0.39 is 0 Å². The van der Waals surface area contributed by atoms with Crippen LogP contribution < -0.4 is 5.43 Å². The molecule has 0 aliphatic carbocycles. The average molecular weight is 165 g/mol. The van der Waals surface area contributed by atoms with Crippen LogP contribution >= 0.6 is 0 Å². The second-order valence-electron chi connectivity index (χ2n) is 2.59. The molecule has 0 bridgehead atoms. The van der Waals surface area contributed by atoms with Gasteiger partial charge in [0.1, 0.15) is 11.5 Å². The zero-order valence-electron chi connectivity index (χ0n) is 6.50. The first-order chi connectivity index (χ1) is 5.75. The first-order valence-electron chi connectivity index (χ1n) is 3.55. The maximum absolute atomic E-state index is 10.7. The van der Waals surface area contributed by atoms with E-state index in [1.807, 2.05) is 0 Å². The Morgan fingerprint density at radius 3 is 3.00 bits per heavy atom. The molecule has 0 unspecified atom stereocenters. The van der Waals surface area contributed by atoms with Gasteiger partial charge in [-0.3, -0.25) is 4.79 Å². The van der Waals surface area contributed by atoms with Crippen LogP contribution in [-0.4, -0.2) is 16.8 Å². The Bertz CT molecular complexity index is 353. The van der Waals surface area contributed by atoms with E-state index in [1.54, 1.807) is 13.0 Å². The number of amides is 1. The molecule has 0 fully saturated rings. The number of carbonyl (C=O) groups is 1. The quantitative estimate of drug-likeness (QED) is 0.646. The molecule has 1 N–H and O–H groups in total. The highest BCUT2D eigenvalue weighted by Crippen LogP contribution is 2.08. The Labute approximate surface area is 68.4 Å². The summed E-state index contributed by atoms with van der Waals surface area (Å²) in [6, 6.07) is 1.75. The van der Waals surface area contributed by atoms with E-state index in [-0.39, 0.29) is 12.3 Å². The van der Waals surface area contributed by atoms with Crippen LogP contribution in [-0.2, 0) is 4.79 Å². The molecule has 0 atom stereocenters. The molecule has 1 amide bonds. The minimum Gasteiger partial charge on any atom is -0.361 e. The van der Waals surface area contributed by atoms with Gasteiger partial charge in [0.05, 0.1) is 12.1 Å². The van der Waals surface area contributed by atoms with Crippen molar-refractivity contribution in [1.82, 2.24) is 10.6 Å². The molecule has 0 saturated carbocycles. The van der Waals surface area contributed by atoms with E-state index in [9.17, 15) is 4.79 Å². The zero-order chi connectivity index (χ0) is 8.55. The zero-order valence-corrected chi connectivity index (χ0v) is 6.50. The molecule has 5 heteroatoms. The van der Waals surface area contributed by atoms with Gasteiger partial charge in [0.2, 0.25) is 5.91 Å². The Morgan fingerprint density at radius 1 is 1.67 bits per heavy atom. The number of aryl methyl sites for hydroxylation is 1. The van der Waals surface area contributed by atoms with Crippen LogP contribution in [0.4, 0.5) is 0 Å². The minimum absolute atomic E-state index is 0.106. The van der Waals surface area contributed by atoms with Gasteiger partial charge in [-0.05, 0) is 6.92 Å². The van der Waals surface area contributed by atoms with Crippen LogP contribution in [0.5, 0.6) is 0 Å². The molecule has 5 nitrogen and oxygen atoms in total. The van der Waals surface area contributed by atoms with Gasteiger partial charge in [-0.25, -0.2) is 5.43 Å². The summed E-state index contributed by atoms with van der Waals surface area (Å²) in [5.74, 6) is 0.609. The molecule has 2 heterocycles. The maximum Gasteiger partial charge on any atom is 0.246 e. The number of hydrogen-bond acceptors (Lipinski definition) is 4. The fourth-order valence-corrected chi connectivity index (χ4v) is 1.01. The fraction of sp³-hybridized carbons (Fsp3) is 0.286. The van der Waals surface area contributed by atoms with Crippen LogP contribution in [0, 0.1) is 6.92 Å². The highest BCUT2D eigenvalue weighted by molar-refractivity contribution is 6.12. The summed E-state index contributed by atoms with van der Waals surface area (Å²) in [6.07, 6.45) is 0.284. The molecule has 0 spiro atoms. The van der Waals surface area contributed by atoms with Crippen molar-refractivity contribution in [1.29, 1.82) is 0 Å². The molecule has 1 aliphatic rings. The normalized spacial score (nSPS) is 16.1. The van der Waals surface area contributed by atoms with Crippen LogP contribution in [0.1, 0.15) is 17.9 Å². The number of carbonyl (C=O) groups excluding carboxylic acids is 1. The summed E-state index contributed by atoms with van der Waals surface area (Å²) in [5, 5.41) is 7.53. The third kappa shape index (κ3) is 1.09. The van der Waals surface area contributed by atoms with Crippen molar-refractivity contribution in [3.63, 3.8) is 0 Å². The van der Waals surface area contributed by atoms with Gasteiger partial charge in [0, 0.05) is 6.07 Å². The second kappa shape index (κ2) is 2.44. The molecule has 1 aromatic rings. The number of nitrogens with one attached hydrogen (secondary N) is 1. The monoisotopic (exact) mass is 165 g/mol. The summed E-state index contributed by atoms with van der Waals surface area (Å²) in [6.45, 7) is 1.79. The third-order valence-corrected chi connectivity index (χ3v) is 1.57. The number of rotatable bonds is 1. The van der Waals surface area contributed by atoms with Crippen molar-refractivity contribution in [3.8, 4) is 0 Å². The van der Waals surface area contributed by atoms with Crippen molar-refractivity contribution in [2.24, 2.45) is 5.10 Å². The summed E-state index contributed by atoms with van der Waals surface area (Å²) in [7, 11) is 0. The van der Waals surface area contributed by atoms with Crippen LogP contribution in [0.15, 0.2) is 15.7 Å². The Morgan fingerprint density at radius 2 is 2.50 bits per heavy atom.